The van der Waals surface area contributed by atoms with E-state index in [9.17, 15) is 0 Å². The normalized spacial score (nSPS) is 10.7. The highest BCUT2D eigenvalue weighted by Crippen LogP contribution is 2.28. The summed E-state index contributed by atoms with van der Waals surface area (Å²) in [4.78, 5) is 21.4. The molecule has 0 amide bonds. The van der Waals surface area contributed by atoms with Crippen LogP contribution >= 0.6 is 11.6 Å². The van der Waals surface area contributed by atoms with E-state index in [0.29, 0.717) is 17.3 Å². The number of benzene rings is 2. The van der Waals surface area contributed by atoms with Crippen LogP contribution in [0, 0.1) is 27.7 Å². The number of pyridine rings is 1. The first-order chi connectivity index (χ1) is 23.7. The van der Waals surface area contributed by atoms with Crippen molar-refractivity contribution in [1.82, 2.24) is 30.1 Å². The van der Waals surface area contributed by atoms with Gasteiger partial charge in [-0.05, 0) is 87.4 Å². The molecule has 252 valence electrons. The summed E-state index contributed by atoms with van der Waals surface area (Å²) in [6, 6.07) is 21.9. The molecule has 0 saturated heterocycles. The van der Waals surface area contributed by atoms with Crippen molar-refractivity contribution in [3.63, 3.8) is 0 Å². The molecular weight excluding hydrogens is 636 g/mol. The SMILES string of the molecule is Cc1cccc(-c2cc(NCCCc3cccnc3)nc(N)n2)c1C.Cc1noc(C)c1-c1cc(NCCc2ccc(Cl)cc2)nc(N)n1. The molecule has 11 nitrogen and oxygen atoms in total. The second-order valence-electron chi connectivity index (χ2n) is 11.6. The Kier molecular flexibility index (Phi) is 11.7. The molecule has 4 heterocycles. The molecule has 0 saturated carbocycles. The number of anilines is 4. The first-order valence-corrected chi connectivity index (χ1v) is 16.4. The average molecular weight is 677 g/mol. The van der Waals surface area contributed by atoms with Gasteiger partial charge in [-0.1, -0.05) is 53.2 Å². The quantitative estimate of drug-likeness (QED) is 0.101. The van der Waals surface area contributed by atoms with Gasteiger partial charge in [0.05, 0.1) is 22.6 Å². The van der Waals surface area contributed by atoms with Crippen LogP contribution < -0.4 is 22.1 Å². The third kappa shape index (κ3) is 9.74. The van der Waals surface area contributed by atoms with Gasteiger partial charge in [0.2, 0.25) is 11.9 Å². The van der Waals surface area contributed by atoms with Crippen molar-refractivity contribution in [2.45, 2.75) is 47.0 Å². The number of nitrogens with two attached hydrogens (primary N) is 2. The number of aryl methyl sites for hydroxylation is 4. The van der Waals surface area contributed by atoms with Gasteiger partial charge in [-0.3, -0.25) is 4.98 Å². The molecule has 12 heteroatoms. The third-order valence-corrected chi connectivity index (χ3v) is 8.21. The molecular formula is C37H41ClN10O. The van der Waals surface area contributed by atoms with Crippen LogP contribution in [0.2, 0.25) is 5.02 Å². The number of hydrogen-bond donors (Lipinski definition) is 4. The van der Waals surface area contributed by atoms with Crippen LogP contribution in [-0.4, -0.2) is 43.2 Å². The Morgan fingerprint density at radius 3 is 2.10 bits per heavy atom. The number of rotatable bonds is 11. The van der Waals surface area contributed by atoms with Crippen molar-refractivity contribution in [1.29, 1.82) is 0 Å². The standard InChI is InChI=1S/C20H23N5.C17H18ClN5O/c1-14-6-3-9-17(15(14)2)18-12-19(25-20(21)24-18)23-11-5-8-16-7-4-10-22-13-16;1-10-16(11(2)24-23-10)14-9-15(22-17(19)21-14)20-8-7-12-3-5-13(18)6-4-12/h3-4,6-7,9-10,12-13H,5,8,11H2,1-2H3,(H3,21,23,24,25);3-6,9H,7-8H2,1-2H3,(H3,19,20,21,22). The lowest BCUT2D eigenvalue weighted by molar-refractivity contribution is 0.393. The van der Waals surface area contributed by atoms with Crippen molar-refractivity contribution < 1.29 is 4.52 Å². The summed E-state index contributed by atoms with van der Waals surface area (Å²) in [5.74, 6) is 2.63. The molecule has 0 aliphatic rings. The smallest absolute Gasteiger partial charge is 0.222 e. The summed E-state index contributed by atoms with van der Waals surface area (Å²) in [7, 11) is 0. The maximum atomic E-state index is 5.91. The summed E-state index contributed by atoms with van der Waals surface area (Å²) < 4.78 is 5.20. The van der Waals surface area contributed by atoms with Gasteiger partial charge in [0.15, 0.2) is 0 Å². The van der Waals surface area contributed by atoms with E-state index in [4.69, 9.17) is 27.6 Å². The average Bonchev–Trinajstić information content (AvgIpc) is 3.43. The molecule has 0 aliphatic carbocycles. The minimum Gasteiger partial charge on any atom is -0.370 e. The highest BCUT2D eigenvalue weighted by molar-refractivity contribution is 6.30. The molecule has 0 spiro atoms. The zero-order valence-corrected chi connectivity index (χ0v) is 28.9. The molecule has 0 atom stereocenters. The zero-order valence-electron chi connectivity index (χ0n) is 28.2. The molecule has 49 heavy (non-hydrogen) atoms. The first-order valence-electron chi connectivity index (χ1n) is 16.1. The van der Waals surface area contributed by atoms with Crippen LogP contribution in [0.15, 0.2) is 83.6 Å². The van der Waals surface area contributed by atoms with Gasteiger partial charge >= 0.3 is 0 Å². The summed E-state index contributed by atoms with van der Waals surface area (Å²) >= 11 is 5.89. The third-order valence-electron chi connectivity index (χ3n) is 7.96. The number of nitrogens with one attached hydrogen (secondary N) is 2. The van der Waals surface area contributed by atoms with Crippen LogP contribution in [0.25, 0.3) is 22.5 Å². The van der Waals surface area contributed by atoms with E-state index in [-0.39, 0.29) is 11.9 Å². The Morgan fingerprint density at radius 1 is 0.735 bits per heavy atom. The molecule has 0 radical (unpaired) electrons. The molecule has 4 aromatic heterocycles. The lowest BCUT2D eigenvalue weighted by atomic mass is 10.0. The highest BCUT2D eigenvalue weighted by atomic mass is 35.5. The zero-order chi connectivity index (χ0) is 34.8. The minimum absolute atomic E-state index is 0.210. The largest absolute Gasteiger partial charge is 0.370 e. The van der Waals surface area contributed by atoms with Gasteiger partial charge in [-0.2, -0.15) is 9.97 Å². The van der Waals surface area contributed by atoms with Gasteiger partial charge in [-0.25, -0.2) is 9.97 Å². The fraction of sp³-hybridized carbons (Fsp3) is 0.243. The van der Waals surface area contributed by atoms with Gasteiger partial charge in [0, 0.05) is 48.2 Å². The molecule has 0 unspecified atom stereocenters. The fourth-order valence-electron chi connectivity index (χ4n) is 5.30. The van der Waals surface area contributed by atoms with Crippen molar-refractivity contribution in [2.75, 3.05) is 35.2 Å². The van der Waals surface area contributed by atoms with E-state index in [0.717, 1.165) is 65.7 Å². The van der Waals surface area contributed by atoms with Crippen molar-refractivity contribution >= 4 is 35.1 Å². The lowest BCUT2D eigenvalue weighted by Gasteiger charge is -2.11. The van der Waals surface area contributed by atoms with E-state index in [1.807, 2.05) is 68.6 Å². The van der Waals surface area contributed by atoms with Crippen LogP contribution in [0.1, 0.15) is 40.1 Å². The molecule has 2 aromatic carbocycles. The first kappa shape index (κ1) is 34.8. The van der Waals surface area contributed by atoms with Crippen molar-refractivity contribution in [3.05, 3.63) is 118 Å². The van der Waals surface area contributed by atoms with Gasteiger partial charge in [0.1, 0.15) is 17.4 Å². The highest BCUT2D eigenvalue weighted by Gasteiger charge is 2.15. The maximum Gasteiger partial charge on any atom is 0.222 e. The summed E-state index contributed by atoms with van der Waals surface area (Å²) in [5, 5.41) is 11.3. The minimum atomic E-state index is 0.210. The Hall–Kier alpha value is -5.55. The van der Waals surface area contributed by atoms with E-state index < -0.39 is 0 Å². The number of nitrogen functional groups attached to an aromatic ring is 2. The van der Waals surface area contributed by atoms with Gasteiger partial charge in [0.25, 0.3) is 0 Å². The molecule has 6 rings (SSSR count). The van der Waals surface area contributed by atoms with Crippen LogP contribution in [-0.2, 0) is 12.8 Å². The molecule has 6 aromatic rings. The number of halogens is 1. The van der Waals surface area contributed by atoms with Gasteiger partial charge in [-0.15, -0.1) is 0 Å². The van der Waals surface area contributed by atoms with Gasteiger partial charge < -0.3 is 26.6 Å². The second kappa shape index (κ2) is 16.5. The van der Waals surface area contributed by atoms with E-state index in [2.05, 4.69) is 72.8 Å². The van der Waals surface area contributed by atoms with Crippen LogP contribution in [0.4, 0.5) is 23.5 Å². The van der Waals surface area contributed by atoms with E-state index >= 15 is 0 Å². The summed E-state index contributed by atoms with van der Waals surface area (Å²) in [6.45, 7) is 9.46. The predicted octanol–water partition coefficient (Wildman–Crippen LogP) is 7.42. The predicted molar refractivity (Wildman–Crippen MR) is 197 cm³/mol. The summed E-state index contributed by atoms with van der Waals surface area (Å²) in [5.41, 5.74) is 20.9. The maximum absolute atomic E-state index is 5.91. The van der Waals surface area contributed by atoms with Crippen molar-refractivity contribution in [3.8, 4) is 22.5 Å². The topological polar surface area (TPSA) is 167 Å². The monoisotopic (exact) mass is 676 g/mol. The molecule has 0 fully saturated rings. The Labute approximate surface area is 291 Å². The Bertz CT molecular complexity index is 1960. The van der Waals surface area contributed by atoms with Crippen LogP contribution in [0.3, 0.4) is 0 Å². The van der Waals surface area contributed by atoms with Crippen molar-refractivity contribution in [2.24, 2.45) is 0 Å². The second-order valence-corrected chi connectivity index (χ2v) is 12.1. The van der Waals surface area contributed by atoms with E-state index in [1.54, 1.807) is 6.20 Å². The lowest BCUT2D eigenvalue weighted by Crippen LogP contribution is -2.08. The van der Waals surface area contributed by atoms with E-state index in [1.165, 1.54) is 22.3 Å². The Morgan fingerprint density at radius 2 is 1.43 bits per heavy atom. The number of nitrogens with zero attached hydrogens (tertiary/aromatic N) is 6. The molecule has 0 aliphatic heterocycles. The number of hydrogen-bond acceptors (Lipinski definition) is 11. The number of aromatic nitrogens is 6. The molecule has 0 bridgehead atoms. The fourth-order valence-corrected chi connectivity index (χ4v) is 5.42. The Balaban J connectivity index is 0.000000191. The van der Waals surface area contributed by atoms with Crippen LogP contribution in [0.5, 0.6) is 0 Å². The summed E-state index contributed by atoms with van der Waals surface area (Å²) in [6.07, 6.45) is 6.52. The molecule has 6 N–H and O–H groups in total.